The van der Waals surface area contributed by atoms with Crippen molar-refractivity contribution in [1.29, 1.82) is 0 Å². The van der Waals surface area contributed by atoms with E-state index in [1.165, 1.54) is 50.6 Å². The Hall–Kier alpha value is -3.48. The largest absolute Gasteiger partial charge is 0.465 e. The van der Waals surface area contributed by atoms with E-state index in [0.29, 0.717) is 29.0 Å². The quantitative estimate of drug-likeness (QED) is 0.198. The second-order valence-corrected chi connectivity index (χ2v) is 8.84. The summed E-state index contributed by atoms with van der Waals surface area (Å²) in [4.78, 5) is 48.4. The number of ketones is 1. The first-order chi connectivity index (χ1) is 16.9. The van der Waals surface area contributed by atoms with Crippen LogP contribution < -0.4 is 0 Å². The highest BCUT2D eigenvalue weighted by atomic mass is 16.6. The van der Waals surface area contributed by atoms with Crippen LogP contribution >= 0.6 is 0 Å². The van der Waals surface area contributed by atoms with Gasteiger partial charge in [0.15, 0.2) is 5.78 Å². The van der Waals surface area contributed by atoms with Gasteiger partial charge in [0.05, 0.1) is 23.8 Å². The zero-order valence-corrected chi connectivity index (χ0v) is 20.3. The van der Waals surface area contributed by atoms with Crippen molar-refractivity contribution in [1.82, 2.24) is 0 Å². The first kappa shape index (κ1) is 26.1. The summed E-state index contributed by atoms with van der Waals surface area (Å²) in [6.45, 7) is 2.01. The normalized spacial score (nSPS) is 17.3. The monoisotopic (exact) mass is 480 g/mol. The fraction of sp³-hybridized carbons (Fsp3) is 0.429. The zero-order chi connectivity index (χ0) is 25.2. The van der Waals surface area contributed by atoms with Crippen molar-refractivity contribution in [3.8, 4) is 0 Å². The molecular formula is C28H32O7. The number of Topliss-reactive ketones (excluding diaryl/α,β-unsaturated/α-hetero) is 1. The predicted molar refractivity (Wildman–Crippen MR) is 129 cm³/mol. The molecule has 1 fully saturated rings. The van der Waals surface area contributed by atoms with Gasteiger partial charge in [-0.1, -0.05) is 38.3 Å². The number of methoxy groups -OCH3 is 1. The van der Waals surface area contributed by atoms with Crippen LogP contribution in [-0.4, -0.2) is 44.0 Å². The molecule has 0 amide bonds. The highest BCUT2D eigenvalue weighted by Crippen LogP contribution is 2.33. The maximum Gasteiger partial charge on any atom is 0.338 e. The summed E-state index contributed by atoms with van der Waals surface area (Å²) in [7, 11) is 1.28. The minimum atomic E-state index is -0.594. The predicted octanol–water partition coefficient (Wildman–Crippen LogP) is 5.28. The van der Waals surface area contributed by atoms with E-state index in [-0.39, 0.29) is 24.6 Å². The van der Waals surface area contributed by atoms with Crippen molar-refractivity contribution in [2.24, 2.45) is 11.8 Å². The Balaban J connectivity index is 1.39. The molecule has 0 bridgehead atoms. The Labute approximate surface area is 205 Å². The zero-order valence-electron chi connectivity index (χ0n) is 20.3. The van der Waals surface area contributed by atoms with Crippen molar-refractivity contribution in [3.63, 3.8) is 0 Å². The number of benzene rings is 2. The van der Waals surface area contributed by atoms with Crippen LogP contribution in [0.5, 0.6) is 0 Å². The van der Waals surface area contributed by atoms with Gasteiger partial charge in [0.1, 0.15) is 13.2 Å². The van der Waals surface area contributed by atoms with Crippen molar-refractivity contribution in [3.05, 3.63) is 70.8 Å². The molecular weight excluding hydrogens is 448 g/mol. The molecule has 35 heavy (non-hydrogen) atoms. The molecule has 0 spiro atoms. The van der Waals surface area contributed by atoms with E-state index in [2.05, 4.69) is 11.7 Å². The van der Waals surface area contributed by atoms with E-state index < -0.39 is 17.9 Å². The van der Waals surface area contributed by atoms with E-state index in [1.807, 2.05) is 0 Å². The number of carbonyl (C=O) groups excluding carboxylic acids is 4. The standard InChI is InChI=1S/C28H32O7/c1-3-19-4-6-20(7-5-19)18-25(29)21-8-10-23(11-9-21)27(31)34-16-17-35-28(32)24-14-12-22(13-15-24)26(30)33-2/h8-15,19-20H,3-7,16-18H2,1-2H3. The summed E-state index contributed by atoms with van der Waals surface area (Å²) < 4.78 is 14.9. The van der Waals surface area contributed by atoms with Gasteiger partial charge in [-0.2, -0.15) is 0 Å². The fourth-order valence-corrected chi connectivity index (χ4v) is 4.31. The lowest BCUT2D eigenvalue weighted by atomic mass is 9.78. The summed E-state index contributed by atoms with van der Waals surface area (Å²) in [5.74, 6) is -0.290. The van der Waals surface area contributed by atoms with Crippen molar-refractivity contribution < 1.29 is 33.4 Å². The van der Waals surface area contributed by atoms with Gasteiger partial charge in [0.2, 0.25) is 0 Å². The number of rotatable bonds is 10. The van der Waals surface area contributed by atoms with Gasteiger partial charge in [-0.25, -0.2) is 14.4 Å². The van der Waals surface area contributed by atoms with Crippen LogP contribution in [0.1, 0.15) is 86.9 Å². The van der Waals surface area contributed by atoms with Gasteiger partial charge in [-0.3, -0.25) is 4.79 Å². The first-order valence-corrected chi connectivity index (χ1v) is 12.1. The molecule has 2 aromatic carbocycles. The lowest BCUT2D eigenvalue weighted by Gasteiger charge is -2.27. The van der Waals surface area contributed by atoms with E-state index >= 15 is 0 Å². The summed E-state index contributed by atoms with van der Waals surface area (Å²) in [6.07, 6.45) is 6.40. The highest BCUT2D eigenvalue weighted by Gasteiger charge is 2.22. The van der Waals surface area contributed by atoms with Crippen molar-refractivity contribution in [2.75, 3.05) is 20.3 Å². The SMILES string of the molecule is CCC1CCC(CC(=O)c2ccc(C(=O)OCCOC(=O)c3ccc(C(=O)OC)cc3)cc2)CC1. The van der Waals surface area contributed by atoms with Crippen molar-refractivity contribution in [2.45, 2.75) is 45.4 Å². The van der Waals surface area contributed by atoms with Gasteiger partial charge >= 0.3 is 17.9 Å². The summed E-state index contributed by atoms with van der Waals surface area (Å²) in [5, 5.41) is 0. The highest BCUT2D eigenvalue weighted by molar-refractivity contribution is 5.97. The van der Waals surface area contributed by atoms with E-state index in [0.717, 1.165) is 18.8 Å². The maximum absolute atomic E-state index is 12.6. The third-order valence-corrected chi connectivity index (χ3v) is 6.55. The average molecular weight is 481 g/mol. The first-order valence-electron chi connectivity index (χ1n) is 12.1. The number of hydrogen-bond donors (Lipinski definition) is 0. The smallest absolute Gasteiger partial charge is 0.338 e. The summed E-state index contributed by atoms with van der Waals surface area (Å²) in [5.41, 5.74) is 1.52. The number of carbonyl (C=O) groups is 4. The summed E-state index contributed by atoms with van der Waals surface area (Å²) >= 11 is 0. The van der Waals surface area contributed by atoms with Gasteiger partial charge < -0.3 is 14.2 Å². The van der Waals surface area contributed by atoms with Crippen LogP contribution in [0.15, 0.2) is 48.5 Å². The molecule has 2 aromatic rings. The van der Waals surface area contributed by atoms with Crippen LogP contribution in [0.2, 0.25) is 0 Å². The average Bonchev–Trinajstić information content (AvgIpc) is 2.91. The molecule has 7 nitrogen and oxygen atoms in total. The van der Waals surface area contributed by atoms with Gasteiger partial charge in [0, 0.05) is 12.0 Å². The Kier molecular flexibility index (Phi) is 9.58. The molecule has 0 saturated heterocycles. The topological polar surface area (TPSA) is 96.0 Å². The minimum Gasteiger partial charge on any atom is -0.465 e. The molecule has 0 aliphatic heterocycles. The Morgan fingerprint density at radius 2 is 1.06 bits per heavy atom. The molecule has 3 rings (SSSR count). The molecule has 1 aliphatic carbocycles. The molecule has 186 valence electrons. The van der Waals surface area contributed by atoms with E-state index in [4.69, 9.17) is 9.47 Å². The third kappa shape index (κ3) is 7.50. The fourth-order valence-electron chi connectivity index (χ4n) is 4.31. The van der Waals surface area contributed by atoms with Crippen LogP contribution in [0.25, 0.3) is 0 Å². The summed E-state index contributed by atoms with van der Waals surface area (Å²) in [6, 6.07) is 12.3. The van der Waals surface area contributed by atoms with Crippen LogP contribution in [-0.2, 0) is 14.2 Å². The molecule has 0 heterocycles. The molecule has 0 atom stereocenters. The molecule has 0 unspecified atom stereocenters. The second kappa shape index (κ2) is 12.8. The lowest BCUT2D eigenvalue weighted by molar-refractivity contribution is 0.0265. The van der Waals surface area contributed by atoms with Crippen LogP contribution in [0.3, 0.4) is 0 Å². The molecule has 7 heteroatoms. The second-order valence-electron chi connectivity index (χ2n) is 8.84. The number of ether oxygens (including phenoxy) is 3. The lowest BCUT2D eigenvalue weighted by Crippen LogP contribution is -2.17. The molecule has 0 N–H and O–H groups in total. The Morgan fingerprint density at radius 1 is 0.657 bits per heavy atom. The van der Waals surface area contributed by atoms with Gasteiger partial charge in [-0.15, -0.1) is 0 Å². The maximum atomic E-state index is 12.6. The van der Waals surface area contributed by atoms with Crippen molar-refractivity contribution >= 4 is 23.7 Å². The Bertz CT molecular complexity index is 1020. The molecule has 1 aliphatic rings. The van der Waals surface area contributed by atoms with E-state index in [9.17, 15) is 19.2 Å². The molecule has 0 aromatic heterocycles. The van der Waals surface area contributed by atoms with Crippen LogP contribution in [0, 0.1) is 11.8 Å². The Morgan fingerprint density at radius 3 is 1.49 bits per heavy atom. The van der Waals surface area contributed by atoms with Gasteiger partial charge in [0.25, 0.3) is 0 Å². The van der Waals surface area contributed by atoms with Crippen LogP contribution in [0.4, 0.5) is 0 Å². The van der Waals surface area contributed by atoms with E-state index in [1.54, 1.807) is 24.3 Å². The molecule has 1 saturated carbocycles. The minimum absolute atomic E-state index is 0.105. The third-order valence-electron chi connectivity index (χ3n) is 6.55. The number of esters is 3. The number of hydrogen-bond acceptors (Lipinski definition) is 7. The van der Waals surface area contributed by atoms with Gasteiger partial charge in [-0.05, 0) is 61.1 Å². The molecule has 0 radical (unpaired) electrons.